The molecule has 3 N–H and O–H groups in total. The average Bonchev–Trinajstić information content (AvgIpc) is 2.81. The summed E-state index contributed by atoms with van der Waals surface area (Å²) >= 11 is 1.70. The smallest absolute Gasteiger partial charge is 0.166 e. The molecule has 2 rings (SSSR count). The number of thioether (sulfide) groups is 1. The van der Waals surface area contributed by atoms with E-state index < -0.39 is 0 Å². The number of para-hydroxylation sites is 2. The second kappa shape index (κ2) is 6.41. The Morgan fingerprint density at radius 1 is 1.42 bits per heavy atom. The first kappa shape index (κ1) is 14.4. The number of fused-ring (bicyclic) bond motifs is 1. The molecule has 5 heteroatoms. The topological polar surface area (TPSA) is 60.9 Å². The van der Waals surface area contributed by atoms with Gasteiger partial charge in [0.2, 0.25) is 0 Å². The number of nitrogens with one attached hydrogen (secondary N) is 2. The van der Waals surface area contributed by atoms with Crippen LogP contribution in [0.15, 0.2) is 29.4 Å². The molecule has 1 unspecified atom stereocenters. The molecule has 0 radical (unpaired) electrons. The maximum absolute atomic E-state index is 9.43. The summed E-state index contributed by atoms with van der Waals surface area (Å²) in [7, 11) is 0. The van der Waals surface area contributed by atoms with Gasteiger partial charge >= 0.3 is 0 Å². The first-order valence-electron chi connectivity index (χ1n) is 6.60. The molecule has 4 nitrogen and oxygen atoms in total. The van der Waals surface area contributed by atoms with Gasteiger partial charge in [0.1, 0.15) is 0 Å². The number of H-pyrrole nitrogens is 1. The second-order valence-electron chi connectivity index (χ2n) is 4.91. The van der Waals surface area contributed by atoms with Crippen molar-refractivity contribution in [3.63, 3.8) is 0 Å². The third-order valence-corrected chi connectivity index (χ3v) is 4.09. The van der Waals surface area contributed by atoms with Crippen LogP contribution < -0.4 is 5.32 Å². The van der Waals surface area contributed by atoms with Crippen LogP contribution in [0.2, 0.25) is 0 Å². The number of aliphatic hydroxyl groups is 1. The Morgan fingerprint density at radius 3 is 2.89 bits per heavy atom. The number of imidazole rings is 1. The minimum Gasteiger partial charge on any atom is -0.394 e. The number of aliphatic hydroxyl groups excluding tert-OH is 1. The van der Waals surface area contributed by atoms with Gasteiger partial charge in [-0.2, -0.15) is 0 Å². The Labute approximate surface area is 118 Å². The molecule has 0 aliphatic carbocycles. The van der Waals surface area contributed by atoms with E-state index in [4.69, 9.17) is 0 Å². The lowest BCUT2D eigenvalue weighted by Crippen LogP contribution is -2.46. The van der Waals surface area contributed by atoms with Crippen LogP contribution in [0.1, 0.15) is 20.3 Å². The molecule has 0 aliphatic heterocycles. The van der Waals surface area contributed by atoms with E-state index in [0.717, 1.165) is 34.9 Å². The second-order valence-corrected chi connectivity index (χ2v) is 5.99. The first-order chi connectivity index (χ1) is 9.17. The zero-order valence-corrected chi connectivity index (χ0v) is 12.3. The van der Waals surface area contributed by atoms with Crippen LogP contribution in [-0.2, 0) is 0 Å². The summed E-state index contributed by atoms with van der Waals surface area (Å²) in [5.41, 5.74) is 1.87. The van der Waals surface area contributed by atoms with Gasteiger partial charge in [-0.05, 0) is 32.0 Å². The molecule has 0 bridgehead atoms. The molecule has 0 aliphatic rings. The lowest BCUT2D eigenvalue weighted by atomic mass is 10.0. The quantitative estimate of drug-likeness (QED) is 0.681. The van der Waals surface area contributed by atoms with E-state index >= 15 is 0 Å². The molecule has 1 heterocycles. The molecule has 1 aromatic carbocycles. The molecule has 0 saturated heterocycles. The van der Waals surface area contributed by atoms with Gasteiger partial charge in [-0.15, -0.1) is 0 Å². The number of benzene rings is 1. The Morgan fingerprint density at radius 2 is 2.21 bits per heavy atom. The summed E-state index contributed by atoms with van der Waals surface area (Å²) in [6.45, 7) is 5.13. The van der Waals surface area contributed by atoms with Crippen LogP contribution in [0, 0.1) is 0 Å². The number of likely N-dealkylation sites (N-methyl/N-ethyl adjacent to an activating group) is 1. The van der Waals surface area contributed by atoms with Crippen LogP contribution in [0.5, 0.6) is 0 Å². The van der Waals surface area contributed by atoms with Crippen LogP contribution in [0.25, 0.3) is 11.0 Å². The van der Waals surface area contributed by atoms with Gasteiger partial charge in [-0.25, -0.2) is 4.98 Å². The highest BCUT2D eigenvalue weighted by Crippen LogP contribution is 2.22. The largest absolute Gasteiger partial charge is 0.394 e. The van der Waals surface area contributed by atoms with E-state index in [0.29, 0.717) is 0 Å². The normalized spacial score (nSPS) is 14.7. The SMILES string of the molecule is CCNC(C)(CO)CCSc1nc2ccccc2[nH]1. The third-order valence-electron chi connectivity index (χ3n) is 3.21. The predicted molar refractivity (Wildman–Crippen MR) is 80.6 cm³/mol. The van der Waals surface area contributed by atoms with Crippen molar-refractivity contribution in [2.24, 2.45) is 0 Å². The highest BCUT2D eigenvalue weighted by Gasteiger charge is 2.21. The molecule has 0 fully saturated rings. The molecular formula is C14H21N3OS. The van der Waals surface area contributed by atoms with Crippen molar-refractivity contribution in [1.82, 2.24) is 15.3 Å². The van der Waals surface area contributed by atoms with E-state index in [1.165, 1.54) is 0 Å². The molecular weight excluding hydrogens is 258 g/mol. The van der Waals surface area contributed by atoms with Crippen LogP contribution in [0.4, 0.5) is 0 Å². The zero-order valence-electron chi connectivity index (χ0n) is 11.4. The monoisotopic (exact) mass is 279 g/mol. The fourth-order valence-corrected chi connectivity index (χ4v) is 3.11. The molecule has 104 valence electrons. The predicted octanol–water partition coefficient (Wildman–Crippen LogP) is 2.41. The van der Waals surface area contributed by atoms with E-state index in [-0.39, 0.29) is 12.1 Å². The fraction of sp³-hybridized carbons (Fsp3) is 0.500. The minimum atomic E-state index is -0.201. The third kappa shape index (κ3) is 3.72. The molecule has 0 spiro atoms. The molecule has 1 aromatic heterocycles. The highest BCUT2D eigenvalue weighted by atomic mass is 32.2. The van der Waals surface area contributed by atoms with E-state index in [1.54, 1.807) is 11.8 Å². The van der Waals surface area contributed by atoms with Gasteiger partial charge < -0.3 is 15.4 Å². The number of aromatic amines is 1. The van der Waals surface area contributed by atoms with Crippen molar-refractivity contribution in [1.29, 1.82) is 0 Å². The fourth-order valence-electron chi connectivity index (χ4n) is 2.02. The van der Waals surface area contributed by atoms with Crippen molar-refractivity contribution in [2.45, 2.75) is 31.0 Å². The standard InChI is InChI=1S/C14H21N3OS/c1-3-15-14(2,10-18)8-9-19-13-16-11-6-4-5-7-12(11)17-13/h4-7,15,18H,3,8-10H2,1-2H3,(H,16,17). The van der Waals surface area contributed by atoms with Crippen molar-refractivity contribution in [3.05, 3.63) is 24.3 Å². The number of hydrogen-bond donors (Lipinski definition) is 3. The Hall–Kier alpha value is -1.04. The zero-order chi connectivity index (χ0) is 13.7. The van der Waals surface area contributed by atoms with Gasteiger partial charge in [-0.1, -0.05) is 30.8 Å². The molecule has 2 aromatic rings. The summed E-state index contributed by atoms with van der Waals surface area (Å²) in [6, 6.07) is 8.03. The van der Waals surface area contributed by atoms with E-state index in [1.807, 2.05) is 24.3 Å². The summed E-state index contributed by atoms with van der Waals surface area (Å²) in [5, 5.41) is 13.7. The lowest BCUT2D eigenvalue weighted by Gasteiger charge is -2.27. The van der Waals surface area contributed by atoms with Crippen LogP contribution >= 0.6 is 11.8 Å². The number of aromatic nitrogens is 2. The van der Waals surface area contributed by atoms with Crippen LogP contribution in [0.3, 0.4) is 0 Å². The Kier molecular flexibility index (Phi) is 4.85. The van der Waals surface area contributed by atoms with Crippen LogP contribution in [-0.4, -0.2) is 39.5 Å². The maximum atomic E-state index is 9.43. The highest BCUT2D eigenvalue weighted by molar-refractivity contribution is 7.99. The van der Waals surface area contributed by atoms with Crippen molar-refractivity contribution < 1.29 is 5.11 Å². The maximum Gasteiger partial charge on any atom is 0.166 e. The Bertz CT molecular complexity index is 495. The summed E-state index contributed by atoms with van der Waals surface area (Å²) in [4.78, 5) is 7.83. The molecule has 0 saturated carbocycles. The molecule has 1 atom stereocenters. The Balaban J connectivity index is 1.91. The first-order valence-corrected chi connectivity index (χ1v) is 7.59. The number of nitrogens with zero attached hydrogens (tertiary/aromatic N) is 1. The summed E-state index contributed by atoms with van der Waals surface area (Å²) in [5.74, 6) is 0.921. The van der Waals surface area contributed by atoms with Gasteiger partial charge in [0, 0.05) is 11.3 Å². The van der Waals surface area contributed by atoms with Gasteiger partial charge in [-0.3, -0.25) is 0 Å². The van der Waals surface area contributed by atoms with Gasteiger partial charge in [0.15, 0.2) is 5.16 Å². The van der Waals surface area contributed by atoms with Gasteiger partial charge in [0.25, 0.3) is 0 Å². The summed E-state index contributed by atoms with van der Waals surface area (Å²) in [6.07, 6.45) is 0.902. The van der Waals surface area contributed by atoms with E-state index in [2.05, 4.69) is 29.1 Å². The van der Waals surface area contributed by atoms with Gasteiger partial charge in [0.05, 0.1) is 17.6 Å². The van der Waals surface area contributed by atoms with Crippen molar-refractivity contribution >= 4 is 22.8 Å². The molecule has 0 amide bonds. The minimum absolute atomic E-state index is 0.154. The lowest BCUT2D eigenvalue weighted by molar-refractivity contribution is 0.173. The average molecular weight is 279 g/mol. The summed E-state index contributed by atoms with van der Waals surface area (Å²) < 4.78 is 0. The van der Waals surface area contributed by atoms with Crippen molar-refractivity contribution in [2.75, 3.05) is 18.9 Å². The van der Waals surface area contributed by atoms with Crippen molar-refractivity contribution in [3.8, 4) is 0 Å². The number of hydrogen-bond acceptors (Lipinski definition) is 4. The van der Waals surface area contributed by atoms with E-state index in [9.17, 15) is 5.11 Å². The molecule has 19 heavy (non-hydrogen) atoms. The number of rotatable bonds is 7.